The van der Waals surface area contributed by atoms with E-state index >= 15 is 0 Å². The zero-order valence-electron chi connectivity index (χ0n) is 22.4. The van der Waals surface area contributed by atoms with Crippen LogP contribution in [0.25, 0.3) is 57.1 Å². The molecule has 7 heteroatoms. The van der Waals surface area contributed by atoms with Gasteiger partial charge in [0.2, 0.25) is 0 Å². The Hall–Kier alpha value is -1.06. The van der Waals surface area contributed by atoms with Crippen LogP contribution in [0.4, 0.5) is 0 Å². The van der Waals surface area contributed by atoms with Gasteiger partial charge in [0.25, 0.3) is 0 Å². The van der Waals surface area contributed by atoms with Gasteiger partial charge >= 0.3 is 0 Å². The fourth-order valence-electron chi connectivity index (χ4n) is 5.31. The van der Waals surface area contributed by atoms with Gasteiger partial charge in [0.15, 0.2) is 0 Å². The summed E-state index contributed by atoms with van der Waals surface area (Å²) in [5.74, 6) is 0. The van der Waals surface area contributed by atoms with Crippen molar-refractivity contribution in [3.63, 3.8) is 0 Å². The summed E-state index contributed by atoms with van der Waals surface area (Å²) in [6, 6.07) is 14.4. The molecule has 0 aromatic carbocycles. The molecular formula is C32H32S7. The number of aryl methyl sites for hydroxylation is 2. The predicted molar refractivity (Wildman–Crippen MR) is 188 cm³/mol. The van der Waals surface area contributed by atoms with Crippen molar-refractivity contribution in [2.75, 3.05) is 0 Å². The lowest BCUT2D eigenvalue weighted by Crippen LogP contribution is -1.80. The van der Waals surface area contributed by atoms with E-state index in [2.05, 4.69) is 50.2 Å². The number of hydrogen-bond acceptors (Lipinski definition) is 7. The molecule has 7 heterocycles. The lowest BCUT2D eigenvalue weighted by Gasteiger charge is -1.96. The largest absolute Gasteiger partial charge is 0.139 e. The van der Waals surface area contributed by atoms with E-state index in [0.717, 1.165) is 0 Å². The van der Waals surface area contributed by atoms with Crippen molar-refractivity contribution in [2.45, 2.75) is 78.1 Å². The van der Waals surface area contributed by atoms with E-state index < -0.39 is 0 Å². The van der Waals surface area contributed by atoms with Crippen LogP contribution in [0.2, 0.25) is 0 Å². The number of thiophene rings is 7. The molecule has 0 amide bonds. The summed E-state index contributed by atoms with van der Waals surface area (Å²) in [5.41, 5.74) is 0. The molecule has 0 bridgehead atoms. The molecular weight excluding hydrogens is 609 g/mol. The third-order valence-corrected chi connectivity index (χ3v) is 16.8. The molecule has 0 aliphatic rings. The molecule has 0 saturated carbocycles. The van der Waals surface area contributed by atoms with Crippen LogP contribution in [0.15, 0.2) is 36.4 Å². The molecule has 0 radical (unpaired) electrons. The average molecular weight is 641 g/mol. The van der Waals surface area contributed by atoms with Crippen molar-refractivity contribution in [1.29, 1.82) is 0 Å². The van der Waals surface area contributed by atoms with Gasteiger partial charge in [-0.25, -0.2) is 0 Å². The molecule has 0 unspecified atom stereocenters. The van der Waals surface area contributed by atoms with Crippen molar-refractivity contribution in [3.8, 4) is 19.5 Å². The Kier molecular flexibility index (Phi) is 8.02. The fourth-order valence-corrected chi connectivity index (χ4v) is 14.8. The summed E-state index contributed by atoms with van der Waals surface area (Å²) in [5, 5.41) is 0. The minimum Gasteiger partial charge on any atom is -0.139 e. The first kappa shape index (κ1) is 26.8. The maximum absolute atomic E-state index is 2.46. The van der Waals surface area contributed by atoms with Crippen molar-refractivity contribution in [1.82, 2.24) is 0 Å². The SMILES string of the molecule is CCCCCCc1ccc(-c2cc3sc4c(sc5c6sc(-c7ccc(CCCCCC)s7)cc6sc54)c3s2)s1. The van der Waals surface area contributed by atoms with E-state index in [9.17, 15) is 0 Å². The second-order valence-electron chi connectivity index (χ2n) is 10.4. The van der Waals surface area contributed by atoms with E-state index in [1.54, 1.807) is 9.75 Å². The van der Waals surface area contributed by atoms with Crippen LogP contribution in [0.3, 0.4) is 0 Å². The van der Waals surface area contributed by atoms with Crippen LogP contribution < -0.4 is 0 Å². The molecule has 0 saturated heterocycles. The highest BCUT2D eigenvalue weighted by Gasteiger charge is 2.21. The second-order valence-corrected chi connectivity index (χ2v) is 18.0. The number of rotatable bonds is 12. The first-order valence-electron chi connectivity index (χ1n) is 14.2. The smallest absolute Gasteiger partial charge is 0.0651 e. The van der Waals surface area contributed by atoms with Gasteiger partial charge in [-0.1, -0.05) is 52.4 Å². The quantitative estimate of drug-likeness (QED) is 0.117. The summed E-state index contributed by atoms with van der Waals surface area (Å²) >= 11 is 14.1. The Labute approximate surface area is 258 Å². The first-order valence-corrected chi connectivity index (χ1v) is 19.9. The molecule has 0 aliphatic carbocycles. The first-order chi connectivity index (χ1) is 19.2. The molecule has 7 aromatic heterocycles. The summed E-state index contributed by atoms with van der Waals surface area (Å²) in [4.78, 5) is 8.89. The molecule has 7 aromatic rings. The van der Waals surface area contributed by atoms with Gasteiger partial charge in [0.1, 0.15) is 0 Å². The van der Waals surface area contributed by atoms with Gasteiger partial charge in [-0.3, -0.25) is 0 Å². The van der Waals surface area contributed by atoms with Crippen LogP contribution in [0.1, 0.15) is 75.0 Å². The van der Waals surface area contributed by atoms with Crippen LogP contribution in [-0.4, -0.2) is 0 Å². The van der Waals surface area contributed by atoms with Crippen LogP contribution in [0, 0.1) is 0 Å². The number of fused-ring (bicyclic) bond motifs is 7. The summed E-state index contributed by atoms with van der Waals surface area (Å²) in [6.45, 7) is 4.58. The van der Waals surface area contributed by atoms with Crippen molar-refractivity contribution in [3.05, 3.63) is 46.2 Å². The van der Waals surface area contributed by atoms with Gasteiger partial charge in [-0.2, -0.15) is 0 Å². The zero-order valence-corrected chi connectivity index (χ0v) is 28.1. The normalized spacial score (nSPS) is 12.4. The highest BCUT2D eigenvalue weighted by Crippen LogP contribution is 2.55. The molecule has 0 aliphatic heterocycles. The van der Waals surface area contributed by atoms with Crippen molar-refractivity contribution >= 4 is 117 Å². The Morgan fingerprint density at radius 1 is 0.410 bits per heavy atom. The number of hydrogen-bond donors (Lipinski definition) is 0. The van der Waals surface area contributed by atoms with Gasteiger partial charge < -0.3 is 0 Å². The summed E-state index contributed by atoms with van der Waals surface area (Å²) in [6.07, 6.45) is 13.2. The Balaban J connectivity index is 1.15. The maximum atomic E-state index is 2.46. The van der Waals surface area contributed by atoms with Gasteiger partial charge in [-0.05, 0) is 62.1 Å². The van der Waals surface area contributed by atoms with Crippen LogP contribution >= 0.6 is 79.4 Å². The second kappa shape index (κ2) is 11.7. The Bertz CT molecular complexity index is 1720. The zero-order chi connectivity index (χ0) is 26.3. The molecule has 0 atom stereocenters. The summed E-state index contributed by atoms with van der Waals surface area (Å²) < 4.78 is 12.0. The van der Waals surface area contributed by atoms with E-state index in [4.69, 9.17) is 0 Å². The third kappa shape index (κ3) is 5.22. The molecule has 0 nitrogen and oxygen atoms in total. The molecule has 7 rings (SSSR count). The van der Waals surface area contributed by atoms with Gasteiger partial charge in [0.05, 0.1) is 28.2 Å². The molecule has 0 fully saturated rings. The minimum absolute atomic E-state index is 1.24. The third-order valence-electron chi connectivity index (χ3n) is 7.42. The van der Waals surface area contributed by atoms with Crippen LogP contribution in [-0.2, 0) is 12.8 Å². The lowest BCUT2D eigenvalue weighted by molar-refractivity contribution is 0.670. The van der Waals surface area contributed by atoms with E-state index in [-0.39, 0.29) is 0 Å². The van der Waals surface area contributed by atoms with Crippen LogP contribution in [0.5, 0.6) is 0 Å². The molecule has 0 spiro atoms. The molecule has 0 N–H and O–H groups in total. The number of unbranched alkanes of at least 4 members (excludes halogenated alkanes) is 6. The van der Waals surface area contributed by atoms with E-state index in [1.165, 1.54) is 121 Å². The summed E-state index contributed by atoms with van der Waals surface area (Å²) in [7, 11) is 0. The monoisotopic (exact) mass is 640 g/mol. The fraction of sp³-hybridized carbons (Fsp3) is 0.375. The van der Waals surface area contributed by atoms with Gasteiger partial charge in [0, 0.05) is 38.7 Å². The highest BCUT2D eigenvalue weighted by atomic mass is 32.1. The topological polar surface area (TPSA) is 0 Å². The lowest BCUT2D eigenvalue weighted by atomic mass is 10.1. The van der Waals surface area contributed by atoms with E-state index in [0.29, 0.717) is 0 Å². The van der Waals surface area contributed by atoms with Crippen molar-refractivity contribution in [2.24, 2.45) is 0 Å². The minimum atomic E-state index is 1.24. The predicted octanol–water partition coefficient (Wildman–Crippen LogP) is 14.3. The van der Waals surface area contributed by atoms with Crippen molar-refractivity contribution < 1.29 is 0 Å². The standard InChI is InChI=1S/C32H32S7/c1-3-5-7-9-11-19-13-15-21(33-19)23-17-25-27(35-23)29-31(37-25)32-30(39-29)28-26(38-32)18-24(36-28)22-16-14-20(34-22)12-10-8-6-4-2/h13-18H,3-12H2,1-2H3. The van der Waals surface area contributed by atoms with E-state index in [1.807, 2.05) is 79.4 Å². The highest BCUT2D eigenvalue weighted by molar-refractivity contribution is 7.48. The molecule has 39 heavy (non-hydrogen) atoms. The Morgan fingerprint density at radius 3 is 1.33 bits per heavy atom. The molecule has 202 valence electrons. The Morgan fingerprint density at radius 2 is 0.872 bits per heavy atom. The maximum Gasteiger partial charge on any atom is 0.0651 e. The average Bonchev–Trinajstić information content (AvgIpc) is 3.75. The van der Waals surface area contributed by atoms with Gasteiger partial charge in [-0.15, -0.1) is 79.4 Å².